The van der Waals surface area contributed by atoms with Gasteiger partial charge in [-0.05, 0) is 32.6 Å². The van der Waals surface area contributed by atoms with Crippen LogP contribution in [0.2, 0.25) is 0 Å². The number of fused-ring (bicyclic) bond motifs is 1. The minimum atomic E-state index is -0.459. The van der Waals surface area contributed by atoms with Crippen LogP contribution >= 0.6 is 22.9 Å². The monoisotopic (exact) mass is 286 g/mol. The van der Waals surface area contributed by atoms with Crippen molar-refractivity contribution >= 4 is 28.8 Å². The summed E-state index contributed by atoms with van der Waals surface area (Å²) in [7, 11) is 1.85. The van der Waals surface area contributed by atoms with Gasteiger partial charge >= 0.3 is 0 Å². The molecule has 2 unspecified atom stereocenters. The molecule has 18 heavy (non-hydrogen) atoms. The molecule has 0 spiro atoms. The zero-order chi connectivity index (χ0) is 13.3. The van der Waals surface area contributed by atoms with Crippen molar-refractivity contribution in [1.82, 2.24) is 9.88 Å². The van der Waals surface area contributed by atoms with Crippen molar-refractivity contribution in [3.63, 3.8) is 0 Å². The van der Waals surface area contributed by atoms with Gasteiger partial charge in [-0.3, -0.25) is 4.79 Å². The average molecular weight is 287 g/mol. The second-order valence-corrected chi connectivity index (χ2v) is 6.52. The summed E-state index contributed by atoms with van der Waals surface area (Å²) in [6.45, 7) is 3.85. The topological polar surface area (TPSA) is 33.2 Å². The predicted octanol–water partition coefficient (Wildman–Crippen LogP) is 3.17. The quantitative estimate of drug-likeness (QED) is 0.800. The SMILES string of the molecule is CCc1nc2c(s1)C(N(C)C(=O)C(C)Cl)CCC2. The maximum atomic E-state index is 12.0. The van der Waals surface area contributed by atoms with E-state index >= 15 is 0 Å². The van der Waals surface area contributed by atoms with E-state index in [1.54, 1.807) is 23.2 Å². The molecule has 5 heteroatoms. The molecule has 1 aromatic rings. The number of aryl methyl sites for hydroxylation is 2. The lowest BCUT2D eigenvalue weighted by Crippen LogP contribution is -2.36. The molecule has 0 aromatic carbocycles. The number of halogens is 1. The van der Waals surface area contributed by atoms with E-state index in [9.17, 15) is 4.79 Å². The number of alkyl halides is 1. The molecule has 0 saturated heterocycles. The summed E-state index contributed by atoms with van der Waals surface area (Å²) in [6, 6.07) is 0.167. The number of hydrogen-bond donors (Lipinski definition) is 0. The first kappa shape index (κ1) is 13.8. The normalized spacial score (nSPS) is 20.3. The molecular formula is C13H19ClN2OS. The summed E-state index contributed by atoms with van der Waals surface area (Å²) < 4.78 is 0. The van der Waals surface area contributed by atoms with Gasteiger partial charge in [0, 0.05) is 7.05 Å². The Hall–Kier alpha value is -0.610. The highest BCUT2D eigenvalue weighted by atomic mass is 35.5. The number of amides is 1. The Morgan fingerprint density at radius 3 is 3.00 bits per heavy atom. The van der Waals surface area contributed by atoms with Gasteiger partial charge < -0.3 is 4.90 Å². The van der Waals surface area contributed by atoms with Gasteiger partial charge in [0.25, 0.3) is 0 Å². The minimum Gasteiger partial charge on any atom is -0.337 e. The molecule has 1 amide bonds. The Morgan fingerprint density at radius 1 is 1.67 bits per heavy atom. The highest BCUT2D eigenvalue weighted by Crippen LogP contribution is 2.37. The summed E-state index contributed by atoms with van der Waals surface area (Å²) >= 11 is 7.65. The molecule has 3 nitrogen and oxygen atoms in total. The lowest BCUT2D eigenvalue weighted by Gasteiger charge is -2.31. The number of carbonyl (C=O) groups excluding carboxylic acids is 1. The first-order chi connectivity index (χ1) is 8.54. The molecule has 0 N–H and O–H groups in total. The van der Waals surface area contributed by atoms with Gasteiger partial charge in [0.1, 0.15) is 5.38 Å². The number of aromatic nitrogens is 1. The third kappa shape index (κ3) is 2.54. The summed E-state index contributed by atoms with van der Waals surface area (Å²) in [5, 5.41) is 0.714. The van der Waals surface area contributed by atoms with Gasteiger partial charge in [-0.15, -0.1) is 22.9 Å². The number of nitrogens with zero attached hydrogens (tertiary/aromatic N) is 2. The van der Waals surface area contributed by atoms with E-state index in [-0.39, 0.29) is 11.9 Å². The lowest BCUT2D eigenvalue weighted by atomic mass is 9.97. The number of carbonyl (C=O) groups is 1. The summed E-state index contributed by atoms with van der Waals surface area (Å²) in [5.74, 6) is 0.000894. The zero-order valence-corrected chi connectivity index (χ0v) is 12.6. The van der Waals surface area contributed by atoms with Crippen molar-refractivity contribution in [3.05, 3.63) is 15.6 Å². The van der Waals surface area contributed by atoms with Gasteiger partial charge in [0.15, 0.2) is 0 Å². The fourth-order valence-corrected chi connectivity index (χ4v) is 3.79. The van der Waals surface area contributed by atoms with Crippen LogP contribution in [0.1, 0.15) is 48.3 Å². The molecule has 100 valence electrons. The summed E-state index contributed by atoms with van der Waals surface area (Å²) in [5.41, 5.74) is 1.19. The largest absolute Gasteiger partial charge is 0.337 e. The molecule has 0 aliphatic heterocycles. The van der Waals surface area contributed by atoms with E-state index in [4.69, 9.17) is 11.6 Å². The smallest absolute Gasteiger partial charge is 0.240 e. The van der Waals surface area contributed by atoms with Crippen molar-refractivity contribution in [2.24, 2.45) is 0 Å². The van der Waals surface area contributed by atoms with Crippen LogP contribution in [0, 0.1) is 0 Å². The molecule has 1 aliphatic carbocycles. The first-order valence-corrected chi connectivity index (χ1v) is 7.69. The van der Waals surface area contributed by atoms with Crippen LogP contribution in [0.5, 0.6) is 0 Å². The van der Waals surface area contributed by atoms with Gasteiger partial charge in [0.2, 0.25) is 5.91 Å². The predicted molar refractivity (Wildman–Crippen MR) is 75.3 cm³/mol. The van der Waals surface area contributed by atoms with Crippen LogP contribution in [0.4, 0.5) is 0 Å². The maximum absolute atomic E-state index is 12.0. The van der Waals surface area contributed by atoms with Crippen molar-refractivity contribution in [1.29, 1.82) is 0 Å². The van der Waals surface area contributed by atoms with E-state index in [1.807, 2.05) is 7.05 Å². The van der Waals surface area contributed by atoms with Crippen LogP contribution in [0.25, 0.3) is 0 Å². The molecule has 2 rings (SSSR count). The summed E-state index contributed by atoms with van der Waals surface area (Å²) in [4.78, 5) is 19.7. The van der Waals surface area contributed by atoms with Crippen molar-refractivity contribution in [2.75, 3.05) is 7.05 Å². The van der Waals surface area contributed by atoms with Crippen LogP contribution in [-0.4, -0.2) is 28.2 Å². The highest BCUT2D eigenvalue weighted by Gasteiger charge is 2.30. The molecule has 2 atom stereocenters. The van der Waals surface area contributed by atoms with Gasteiger partial charge in [-0.1, -0.05) is 6.92 Å². The molecule has 1 heterocycles. The standard InChI is InChI=1S/C13H19ClN2OS/c1-4-11-15-9-6-5-7-10(12(9)18-11)16(3)13(17)8(2)14/h8,10H,4-7H2,1-3H3. The lowest BCUT2D eigenvalue weighted by molar-refractivity contribution is -0.131. The fraction of sp³-hybridized carbons (Fsp3) is 0.692. The first-order valence-electron chi connectivity index (χ1n) is 6.43. The van der Waals surface area contributed by atoms with Gasteiger partial charge in [-0.25, -0.2) is 4.98 Å². The Labute approximate surface area is 117 Å². The molecule has 0 saturated carbocycles. The third-order valence-electron chi connectivity index (χ3n) is 3.42. The van der Waals surface area contributed by atoms with E-state index in [2.05, 4.69) is 11.9 Å². The molecule has 0 bridgehead atoms. The number of thiazole rings is 1. The number of hydrogen-bond acceptors (Lipinski definition) is 3. The van der Waals surface area contributed by atoms with Crippen molar-refractivity contribution < 1.29 is 4.79 Å². The molecule has 1 aromatic heterocycles. The number of rotatable bonds is 3. The highest BCUT2D eigenvalue weighted by molar-refractivity contribution is 7.11. The molecular weight excluding hydrogens is 268 g/mol. The van der Waals surface area contributed by atoms with Crippen LogP contribution < -0.4 is 0 Å². The van der Waals surface area contributed by atoms with Gasteiger partial charge in [-0.2, -0.15) is 0 Å². The fourth-order valence-electron chi connectivity index (χ4n) is 2.40. The van der Waals surface area contributed by atoms with E-state index < -0.39 is 5.38 Å². The van der Waals surface area contributed by atoms with Crippen LogP contribution in [-0.2, 0) is 17.6 Å². The van der Waals surface area contributed by atoms with E-state index in [0.717, 1.165) is 25.7 Å². The minimum absolute atomic E-state index is 0.000894. The van der Waals surface area contributed by atoms with Crippen molar-refractivity contribution in [3.8, 4) is 0 Å². The Morgan fingerprint density at radius 2 is 2.39 bits per heavy atom. The van der Waals surface area contributed by atoms with Crippen molar-refractivity contribution in [2.45, 2.75) is 50.9 Å². The molecule has 0 radical (unpaired) electrons. The second kappa shape index (κ2) is 5.57. The Kier molecular flexibility index (Phi) is 4.28. The zero-order valence-electron chi connectivity index (χ0n) is 11.1. The second-order valence-electron chi connectivity index (χ2n) is 4.75. The van der Waals surface area contributed by atoms with E-state index in [1.165, 1.54) is 15.6 Å². The van der Waals surface area contributed by atoms with Crippen LogP contribution in [0.3, 0.4) is 0 Å². The maximum Gasteiger partial charge on any atom is 0.240 e. The summed E-state index contributed by atoms with van der Waals surface area (Å²) in [6.07, 6.45) is 4.12. The Bertz CT molecular complexity index is 444. The third-order valence-corrected chi connectivity index (χ3v) is 4.95. The van der Waals surface area contributed by atoms with Crippen LogP contribution in [0.15, 0.2) is 0 Å². The Balaban J connectivity index is 2.26. The van der Waals surface area contributed by atoms with Gasteiger partial charge in [0.05, 0.1) is 21.6 Å². The van der Waals surface area contributed by atoms with E-state index in [0.29, 0.717) is 0 Å². The molecule has 1 aliphatic rings. The molecule has 0 fully saturated rings. The average Bonchev–Trinajstić information content (AvgIpc) is 2.79.